The normalized spacial score (nSPS) is 19.9. The van der Waals surface area contributed by atoms with Gasteiger partial charge in [0.05, 0.1) is 17.3 Å². The fourth-order valence-electron chi connectivity index (χ4n) is 1.89. The van der Waals surface area contributed by atoms with E-state index in [-0.39, 0.29) is 12.6 Å². The lowest BCUT2D eigenvalue weighted by Gasteiger charge is -2.20. The zero-order valence-electron chi connectivity index (χ0n) is 9.26. The van der Waals surface area contributed by atoms with E-state index in [1.165, 1.54) is 5.69 Å². The van der Waals surface area contributed by atoms with Crippen molar-refractivity contribution in [2.45, 2.75) is 31.2 Å². The molecule has 0 aliphatic carbocycles. The topological polar surface area (TPSA) is 68.4 Å². The highest BCUT2D eigenvalue weighted by Gasteiger charge is 2.18. The van der Waals surface area contributed by atoms with E-state index in [9.17, 15) is 0 Å². The molecule has 16 heavy (non-hydrogen) atoms. The standard InChI is InChI=1S/C11H18N2O2S/c12-9(6-14)5-11-13-10(7-16-11)8-1-3-15-4-2-8/h7-9,14H,1-6,12H2. The minimum absolute atomic E-state index is 0.0200. The van der Waals surface area contributed by atoms with Gasteiger partial charge in [-0.2, -0.15) is 0 Å². The summed E-state index contributed by atoms with van der Waals surface area (Å²) < 4.78 is 5.33. The highest BCUT2D eigenvalue weighted by atomic mass is 32.1. The van der Waals surface area contributed by atoms with Crippen LogP contribution in [0.1, 0.15) is 29.5 Å². The van der Waals surface area contributed by atoms with Crippen LogP contribution in [0.25, 0.3) is 0 Å². The Kier molecular flexibility index (Phi) is 4.29. The molecule has 3 N–H and O–H groups in total. The Morgan fingerprint density at radius 2 is 2.31 bits per heavy atom. The molecule has 1 unspecified atom stereocenters. The molecule has 1 saturated heterocycles. The Labute approximate surface area is 99.5 Å². The molecule has 0 aromatic carbocycles. The molecule has 0 spiro atoms. The van der Waals surface area contributed by atoms with E-state index in [0.717, 1.165) is 31.1 Å². The van der Waals surface area contributed by atoms with Gasteiger partial charge in [0.25, 0.3) is 0 Å². The van der Waals surface area contributed by atoms with Crippen molar-refractivity contribution in [2.24, 2.45) is 5.73 Å². The van der Waals surface area contributed by atoms with E-state index < -0.39 is 0 Å². The molecule has 0 radical (unpaired) electrons. The average molecular weight is 242 g/mol. The fourth-order valence-corrected chi connectivity index (χ4v) is 2.86. The summed E-state index contributed by atoms with van der Waals surface area (Å²) in [4.78, 5) is 4.59. The molecular formula is C11H18N2O2S. The van der Waals surface area contributed by atoms with Crippen LogP contribution in [0, 0.1) is 0 Å². The molecule has 1 fully saturated rings. The van der Waals surface area contributed by atoms with Crippen LogP contribution in [0.15, 0.2) is 5.38 Å². The van der Waals surface area contributed by atoms with Crippen molar-refractivity contribution < 1.29 is 9.84 Å². The molecule has 90 valence electrons. The van der Waals surface area contributed by atoms with Crippen LogP contribution in [-0.2, 0) is 11.2 Å². The lowest BCUT2D eigenvalue weighted by Crippen LogP contribution is -2.26. The molecule has 5 heteroatoms. The summed E-state index contributed by atoms with van der Waals surface area (Å²) in [6.07, 6.45) is 2.80. The first-order valence-electron chi connectivity index (χ1n) is 5.68. The monoisotopic (exact) mass is 242 g/mol. The minimum Gasteiger partial charge on any atom is -0.395 e. The first-order valence-corrected chi connectivity index (χ1v) is 6.56. The van der Waals surface area contributed by atoms with Gasteiger partial charge in [-0.3, -0.25) is 0 Å². The lowest BCUT2D eigenvalue weighted by molar-refractivity contribution is 0.0846. The molecule has 1 aliphatic rings. The van der Waals surface area contributed by atoms with Crippen molar-refractivity contribution >= 4 is 11.3 Å². The van der Waals surface area contributed by atoms with Gasteiger partial charge in [-0.05, 0) is 12.8 Å². The summed E-state index contributed by atoms with van der Waals surface area (Å²) in [6.45, 7) is 1.70. The summed E-state index contributed by atoms with van der Waals surface area (Å²) in [7, 11) is 0. The highest BCUT2D eigenvalue weighted by Crippen LogP contribution is 2.28. The summed E-state index contributed by atoms with van der Waals surface area (Å²) in [5.74, 6) is 0.545. The van der Waals surface area contributed by atoms with Gasteiger partial charge in [-0.25, -0.2) is 4.98 Å². The van der Waals surface area contributed by atoms with Crippen LogP contribution in [0.2, 0.25) is 0 Å². The Hall–Kier alpha value is -0.490. The third-order valence-electron chi connectivity index (χ3n) is 2.88. The average Bonchev–Trinajstić information content (AvgIpc) is 2.78. The summed E-state index contributed by atoms with van der Waals surface area (Å²) in [5, 5.41) is 12.0. The van der Waals surface area contributed by atoms with Gasteiger partial charge in [-0.1, -0.05) is 0 Å². The second-order valence-corrected chi connectivity index (χ2v) is 5.14. The number of hydrogen-bond donors (Lipinski definition) is 2. The maximum atomic E-state index is 8.89. The number of aromatic nitrogens is 1. The van der Waals surface area contributed by atoms with Gasteiger partial charge in [-0.15, -0.1) is 11.3 Å². The zero-order valence-corrected chi connectivity index (χ0v) is 10.1. The van der Waals surface area contributed by atoms with Gasteiger partial charge in [0.1, 0.15) is 0 Å². The number of nitrogens with two attached hydrogens (primary N) is 1. The minimum atomic E-state index is -0.186. The molecule has 1 atom stereocenters. The number of aliphatic hydroxyl groups is 1. The summed E-state index contributed by atoms with van der Waals surface area (Å²) >= 11 is 1.64. The Bertz CT molecular complexity index is 324. The van der Waals surface area contributed by atoms with Gasteiger partial charge in [0.2, 0.25) is 0 Å². The molecule has 1 aromatic heterocycles. The molecule has 4 nitrogen and oxygen atoms in total. The number of ether oxygens (including phenoxy) is 1. The van der Waals surface area contributed by atoms with Gasteiger partial charge in [0, 0.05) is 37.0 Å². The quantitative estimate of drug-likeness (QED) is 0.823. The molecule has 0 bridgehead atoms. The summed E-state index contributed by atoms with van der Waals surface area (Å²) in [6, 6.07) is -0.186. The second-order valence-electron chi connectivity index (χ2n) is 4.20. The number of thiazole rings is 1. The van der Waals surface area contributed by atoms with Crippen molar-refractivity contribution in [3.63, 3.8) is 0 Å². The smallest absolute Gasteiger partial charge is 0.0944 e. The second kappa shape index (κ2) is 5.72. The first kappa shape index (κ1) is 12.0. The summed E-state index contributed by atoms with van der Waals surface area (Å²) in [5.41, 5.74) is 6.86. The van der Waals surface area contributed by atoms with Crippen molar-refractivity contribution in [2.75, 3.05) is 19.8 Å². The van der Waals surface area contributed by atoms with Crippen molar-refractivity contribution in [3.05, 3.63) is 16.1 Å². The van der Waals surface area contributed by atoms with E-state index >= 15 is 0 Å². The van der Waals surface area contributed by atoms with Gasteiger partial charge < -0.3 is 15.6 Å². The van der Waals surface area contributed by atoms with E-state index in [1.54, 1.807) is 11.3 Å². The largest absolute Gasteiger partial charge is 0.395 e. The van der Waals surface area contributed by atoms with E-state index in [4.69, 9.17) is 15.6 Å². The Morgan fingerprint density at radius 3 is 3.00 bits per heavy atom. The predicted molar refractivity (Wildman–Crippen MR) is 63.7 cm³/mol. The van der Waals surface area contributed by atoms with E-state index in [2.05, 4.69) is 10.4 Å². The van der Waals surface area contributed by atoms with Crippen LogP contribution < -0.4 is 5.73 Å². The number of aliphatic hydroxyl groups excluding tert-OH is 1. The Balaban J connectivity index is 1.95. The molecule has 2 heterocycles. The number of nitrogens with zero attached hydrogens (tertiary/aromatic N) is 1. The predicted octanol–water partition coefficient (Wildman–Crippen LogP) is 0.899. The molecule has 1 aromatic rings. The third-order valence-corrected chi connectivity index (χ3v) is 3.77. The van der Waals surface area contributed by atoms with Crippen LogP contribution in [0.4, 0.5) is 0 Å². The van der Waals surface area contributed by atoms with Crippen molar-refractivity contribution in [1.29, 1.82) is 0 Å². The lowest BCUT2D eigenvalue weighted by atomic mass is 9.97. The zero-order chi connectivity index (χ0) is 11.4. The first-order chi connectivity index (χ1) is 7.79. The van der Waals surface area contributed by atoms with Gasteiger partial charge >= 0.3 is 0 Å². The molecule has 0 amide bonds. The number of rotatable bonds is 4. The molecule has 1 aliphatic heterocycles. The fraction of sp³-hybridized carbons (Fsp3) is 0.727. The van der Waals surface area contributed by atoms with Crippen LogP contribution >= 0.6 is 11.3 Å². The number of hydrogen-bond acceptors (Lipinski definition) is 5. The molecule has 2 rings (SSSR count). The maximum absolute atomic E-state index is 8.89. The Morgan fingerprint density at radius 1 is 1.56 bits per heavy atom. The van der Waals surface area contributed by atoms with Crippen LogP contribution in [0.5, 0.6) is 0 Å². The molecular weight excluding hydrogens is 224 g/mol. The van der Waals surface area contributed by atoms with E-state index in [1.807, 2.05) is 0 Å². The van der Waals surface area contributed by atoms with Crippen LogP contribution in [-0.4, -0.2) is 36.0 Å². The SMILES string of the molecule is NC(CO)Cc1nc(C2CCOCC2)cs1. The van der Waals surface area contributed by atoms with E-state index in [0.29, 0.717) is 12.3 Å². The maximum Gasteiger partial charge on any atom is 0.0944 e. The third kappa shape index (κ3) is 3.01. The molecule has 0 saturated carbocycles. The van der Waals surface area contributed by atoms with Crippen LogP contribution in [0.3, 0.4) is 0 Å². The van der Waals surface area contributed by atoms with Crippen molar-refractivity contribution in [3.8, 4) is 0 Å². The highest BCUT2D eigenvalue weighted by molar-refractivity contribution is 7.09. The van der Waals surface area contributed by atoms with Gasteiger partial charge in [0.15, 0.2) is 0 Å². The van der Waals surface area contributed by atoms with Crippen molar-refractivity contribution in [1.82, 2.24) is 4.98 Å².